The minimum absolute atomic E-state index is 0.405. The summed E-state index contributed by atoms with van der Waals surface area (Å²) < 4.78 is 2.21. The summed E-state index contributed by atoms with van der Waals surface area (Å²) >= 11 is 0. The molecule has 0 saturated heterocycles. The molecule has 0 aromatic carbocycles. The molecule has 6 rings (SSSR count). The van der Waals surface area contributed by atoms with E-state index in [-0.39, 0.29) is 0 Å². The summed E-state index contributed by atoms with van der Waals surface area (Å²) in [7, 11) is 0. The smallest absolute Gasteiger partial charge is 0.136 e. The van der Waals surface area contributed by atoms with Gasteiger partial charge in [0.15, 0.2) is 0 Å². The van der Waals surface area contributed by atoms with Gasteiger partial charge in [-0.2, -0.15) is 0 Å². The first-order valence-electron chi connectivity index (χ1n) is 12.5. The predicted molar refractivity (Wildman–Crippen MR) is 120 cm³/mol. The molecule has 4 fully saturated rings. The van der Waals surface area contributed by atoms with Crippen LogP contribution in [0.1, 0.15) is 90.2 Å². The Balaban J connectivity index is 1.30. The van der Waals surface area contributed by atoms with Crippen molar-refractivity contribution in [2.75, 3.05) is 0 Å². The topological polar surface area (TPSA) is 37.5 Å². The van der Waals surface area contributed by atoms with Crippen LogP contribution in [0.5, 0.6) is 0 Å². The molecule has 0 radical (unpaired) electrons. The summed E-state index contributed by atoms with van der Waals surface area (Å²) in [6, 6.07) is 6.33. The number of aromatic nitrogens is 2. The average molecular weight is 407 g/mol. The lowest BCUT2D eigenvalue weighted by Gasteiger charge is -2.61. The molecule has 2 aromatic heterocycles. The normalized spacial score (nSPS) is 48.2. The van der Waals surface area contributed by atoms with Crippen molar-refractivity contribution in [2.24, 2.45) is 34.5 Å². The van der Waals surface area contributed by atoms with Crippen molar-refractivity contribution in [1.29, 1.82) is 0 Å². The Morgan fingerprint density at radius 2 is 1.77 bits per heavy atom. The maximum atomic E-state index is 10.7. The van der Waals surface area contributed by atoms with Crippen LogP contribution < -0.4 is 0 Å². The molecule has 2 heterocycles. The zero-order valence-corrected chi connectivity index (χ0v) is 19.0. The predicted octanol–water partition coefficient (Wildman–Crippen LogP) is 6.21. The van der Waals surface area contributed by atoms with Crippen molar-refractivity contribution in [2.45, 2.75) is 90.1 Å². The van der Waals surface area contributed by atoms with E-state index in [0.29, 0.717) is 16.7 Å². The minimum Gasteiger partial charge on any atom is -0.390 e. The first-order chi connectivity index (χ1) is 14.3. The number of hydrogen-bond acceptors (Lipinski definition) is 2. The van der Waals surface area contributed by atoms with Gasteiger partial charge in [0.2, 0.25) is 0 Å². The van der Waals surface area contributed by atoms with E-state index in [4.69, 9.17) is 4.98 Å². The molecule has 4 aliphatic rings. The second kappa shape index (κ2) is 6.34. The third-order valence-electron chi connectivity index (χ3n) is 10.7. The number of nitrogens with zero attached hydrogens (tertiary/aromatic N) is 2. The Morgan fingerprint density at radius 3 is 2.60 bits per heavy atom. The van der Waals surface area contributed by atoms with Gasteiger partial charge in [0.05, 0.1) is 11.3 Å². The van der Waals surface area contributed by atoms with Gasteiger partial charge in [-0.25, -0.2) is 4.98 Å². The highest BCUT2D eigenvalue weighted by Crippen LogP contribution is 2.69. The maximum absolute atomic E-state index is 10.7. The summed E-state index contributed by atoms with van der Waals surface area (Å²) in [6.45, 7) is 7.28. The number of hydrogen-bond donors (Lipinski definition) is 1. The summed E-state index contributed by atoms with van der Waals surface area (Å²) in [4.78, 5) is 5.07. The van der Waals surface area contributed by atoms with Crippen molar-refractivity contribution < 1.29 is 5.11 Å². The SMILES string of the molecule is C[C@@]1(O)CC[C@@]2(C)[C@@H](CC[C@@H]3[C@@H]2CC[C@]2(C)[C@@H](c4cn5ccccc5n4)CC[C@@H]32)C1. The summed E-state index contributed by atoms with van der Waals surface area (Å²) in [5.41, 5.74) is 2.85. The van der Waals surface area contributed by atoms with Gasteiger partial charge < -0.3 is 9.51 Å². The van der Waals surface area contributed by atoms with Gasteiger partial charge in [0.25, 0.3) is 0 Å². The molecule has 0 bridgehead atoms. The molecule has 0 aliphatic heterocycles. The standard InChI is InChI=1S/C27H38N2O/c1-25(30)13-14-26(2)18(16-25)7-8-19-20-9-10-22(27(20,3)12-11-21(19)26)23-17-29-15-5-4-6-24(29)28-23/h4-6,15,17-22,30H,7-14,16H2,1-3H3/t18-,19-,20-,21-,22+,25+,26-,27-/m0/s1. The van der Waals surface area contributed by atoms with Gasteiger partial charge in [-0.3, -0.25) is 0 Å². The van der Waals surface area contributed by atoms with Gasteiger partial charge in [-0.1, -0.05) is 19.9 Å². The Morgan fingerprint density at radius 1 is 0.933 bits per heavy atom. The quantitative estimate of drug-likeness (QED) is 0.611. The van der Waals surface area contributed by atoms with Crippen LogP contribution in [0.15, 0.2) is 30.6 Å². The van der Waals surface area contributed by atoms with E-state index in [1.807, 2.05) is 0 Å². The van der Waals surface area contributed by atoms with E-state index in [2.05, 4.69) is 55.8 Å². The van der Waals surface area contributed by atoms with Crippen LogP contribution in [0.25, 0.3) is 5.65 Å². The van der Waals surface area contributed by atoms with E-state index < -0.39 is 5.60 Å². The average Bonchev–Trinajstić information content (AvgIpc) is 3.28. The van der Waals surface area contributed by atoms with E-state index in [0.717, 1.165) is 42.2 Å². The van der Waals surface area contributed by atoms with Crippen molar-refractivity contribution in [1.82, 2.24) is 9.38 Å². The molecule has 8 atom stereocenters. The fourth-order valence-electron chi connectivity index (χ4n) is 9.04. The molecule has 3 heteroatoms. The molecule has 0 amide bonds. The Kier molecular flexibility index (Phi) is 4.09. The van der Waals surface area contributed by atoms with Crippen LogP contribution >= 0.6 is 0 Å². The summed E-state index contributed by atoms with van der Waals surface area (Å²) in [6.07, 6.45) is 15.8. The zero-order valence-electron chi connectivity index (χ0n) is 19.0. The number of pyridine rings is 1. The molecular formula is C27H38N2O. The molecule has 0 spiro atoms. The van der Waals surface area contributed by atoms with Gasteiger partial charge >= 0.3 is 0 Å². The van der Waals surface area contributed by atoms with Crippen molar-refractivity contribution in [3.63, 3.8) is 0 Å². The molecule has 30 heavy (non-hydrogen) atoms. The number of fused-ring (bicyclic) bond motifs is 6. The zero-order chi connectivity index (χ0) is 20.7. The molecule has 4 aliphatic carbocycles. The largest absolute Gasteiger partial charge is 0.390 e. The van der Waals surface area contributed by atoms with E-state index in [1.54, 1.807) is 0 Å². The van der Waals surface area contributed by atoms with E-state index >= 15 is 0 Å². The molecular weight excluding hydrogens is 368 g/mol. The number of aliphatic hydroxyl groups is 1. The Hall–Kier alpha value is -1.35. The van der Waals surface area contributed by atoms with E-state index in [1.165, 1.54) is 50.6 Å². The summed E-state index contributed by atoms with van der Waals surface area (Å²) in [5.74, 6) is 3.94. The second-order valence-electron chi connectivity index (χ2n) is 12.2. The molecule has 2 aromatic rings. The van der Waals surface area contributed by atoms with Gasteiger partial charge in [0.1, 0.15) is 5.65 Å². The number of rotatable bonds is 1. The van der Waals surface area contributed by atoms with Gasteiger partial charge in [-0.15, -0.1) is 0 Å². The highest BCUT2D eigenvalue weighted by molar-refractivity contribution is 5.40. The second-order valence-corrected chi connectivity index (χ2v) is 12.2. The first-order valence-corrected chi connectivity index (χ1v) is 12.5. The summed E-state index contributed by atoms with van der Waals surface area (Å²) in [5, 5.41) is 10.7. The third kappa shape index (κ3) is 2.63. The van der Waals surface area contributed by atoms with E-state index in [9.17, 15) is 5.11 Å². The van der Waals surface area contributed by atoms with Crippen LogP contribution in [0.3, 0.4) is 0 Å². The van der Waals surface area contributed by atoms with Crippen LogP contribution in [0, 0.1) is 34.5 Å². The molecule has 0 unspecified atom stereocenters. The van der Waals surface area contributed by atoms with Crippen molar-refractivity contribution in [3.8, 4) is 0 Å². The fourth-order valence-corrected chi connectivity index (χ4v) is 9.04. The lowest BCUT2D eigenvalue weighted by molar-refractivity contribution is -0.143. The first kappa shape index (κ1) is 19.3. The van der Waals surface area contributed by atoms with Gasteiger partial charge in [-0.05, 0) is 111 Å². The highest BCUT2D eigenvalue weighted by atomic mass is 16.3. The Bertz CT molecular complexity index is 930. The highest BCUT2D eigenvalue weighted by Gasteiger charge is 2.61. The third-order valence-corrected chi connectivity index (χ3v) is 10.7. The fraction of sp³-hybridized carbons (Fsp3) is 0.741. The van der Waals surface area contributed by atoms with Crippen LogP contribution in [0.2, 0.25) is 0 Å². The molecule has 1 N–H and O–H groups in total. The monoisotopic (exact) mass is 406 g/mol. The molecule has 3 nitrogen and oxygen atoms in total. The molecule has 4 saturated carbocycles. The van der Waals surface area contributed by atoms with Gasteiger partial charge in [0, 0.05) is 18.3 Å². The molecule has 162 valence electrons. The van der Waals surface area contributed by atoms with Crippen molar-refractivity contribution >= 4 is 5.65 Å². The van der Waals surface area contributed by atoms with Crippen molar-refractivity contribution in [3.05, 3.63) is 36.3 Å². The maximum Gasteiger partial charge on any atom is 0.136 e. The number of imidazole rings is 1. The lowest BCUT2D eigenvalue weighted by Crippen LogP contribution is -2.55. The van der Waals surface area contributed by atoms with Crippen LogP contribution in [0.4, 0.5) is 0 Å². The van der Waals surface area contributed by atoms with Crippen LogP contribution in [-0.4, -0.2) is 20.1 Å². The lowest BCUT2D eigenvalue weighted by atomic mass is 9.44. The Labute approximate surface area is 181 Å². The minimum atomic E-state index is -0.429. The van der Waals surface area contributed by atoms with Crippen LogP contribution in [-0.2, 0) is 0 Å².